The molecule has 2 N–H and O–H groups in total. The minimum Gasteiger partial charge on any atom is -0.480 e. The molecular formula is C14H15N3O3S. The minimum absolute atomic E-state index is 0.266. The highest BCUT2D eigenvalue weighted by molar-refractivity contribution is 7.09. The summed E-state index contributed by atoms with van der Waals surface area (Å²) in [5.41, 5.74) is 2.07. The molecule has 21 heavy (non-hydrogen) atoms. The van der Waals surface area contributed by atoms with Gasteiger partial charge in [-0.25, -0.2) is 9.78 Å². The predicted octanol–water partition coefficient (Wildman–Crippen LogP) is 2.14. The fraction of sp³-hybridized carbons (Fsp3) is 0.357. The van der Waals surface area contributed by atoms with E-state index in [1.54, 1.807) is 23.6 Å². The van der Waals surface area contributed by atoms with E-state index in [2.05, 4.69) is 9.97 Å². The van der Waals surface area contributed by atoms with Crippen LogP contribution in [-0.4, -0.2) is 44.4 Å². The highest BCUT2D eigenvalue weighted by Crippen LogP contribution is 2.25. The van der Waals surface area contributed by atoms with Crippen molar-refractivity contribution >= 4 is 23.2 Å². The molecule has 0 aromatic carbocycles. The number of aromatic nitrogens is 2. The van der Waals surface area contributed by atoms with E-state index in [0.29, 0.717) is 18.7 Å². The summed E-state index contributed by atoms with van der Waals surface area (Å²) >= 11 is 1.55. The van der Waals surface area contributed by atoms with Crippen LogP contribution in [0.2, 0.25) is 0 Å². The molecule has 0 spiro atoms. The number of carboxylic acids is 1. The molecule has 1 aliphatic heterocycles. The molecule has 1 amide bonds. The second-order valence-electron chi connectivity index (χ2n) is 5.05. The van der Waals surface area contributed by atoms with Crippen molar-refractivity contribution in [2.45, 2.75) is 25.8 Å². The van der Waals surface area contributed by atoms with Crippen LogP contribution >= 0.6 is 11.3 Å². The van der Waals surface area contributed by atoms with E-state index in [1.807, 2.05) is 12.3 Å². The molecule has 7 heteroatoms. The second-order valence-corrected chi connectivity index (χ2v) is 6.11. The Hall–Kier alpha value is -2.15. The van der Waals surface area contributed by atoms with E-state index >= 15 is 0 Å². The van der Waals surface area contributed by atoms with E-state index < -0.39 is 12.0 Å². The quantitative estimate of drug-likeness (QED) is 0.909. The van der Waals surface area contributed by atoms with Gasteiger partial charge in [0, 0.05) is 23.7 Å². The smallest absolute Gasteiger partial charge is 0.326 e. The van der Waals surface area contributed by atoms with Gasteiger partial charge in [0.25, 0.3) is 5.91 Å². The van der Waals surface area contributed by atoms with E-state index in [4.69, 9.17) is 5.11 Å². The van der Waals surface area contributed by atoms with Gasteiger partial charge < -0.3 is 15.0 Å². The molecule has 1 atom stereocenters. The first-order chi connectivity index (χ1) is 10.1. The SMILES string of the molecule is Cc1nc(-c2c[nH]c(C(=O)N3CCC[C@H]3C(=O)O)c2)cs1. The summed E-state index contributed by atoms with van der Waals surface area (Å²) < 4.78 is 0. The Labute approximate surface area is 125 Å². The fourth-order valence-corrected chi connectivity index (χ4v) is 3.20. The van der Waals surface area contributed by atoms with E-state index in [1.165, 1.54) is 4.90 Å². The molecule has 1 fully saturated rings. The van der Waals surface area contributed by atoms with Gasteiger partial charge in [-0.05, 0) is 25.8 Å². The van der Waals surface area contributed by atoms with E-state index in [-0.39, 0.29) is 5.91 Å². The van der Waals surface area contributed by atoms with Gasteiger partial charge in [-0.1, -0.05) is 0 Å². The number of amides is 1. The normalized spacial score (nSPS) is 18.1. The van der Waals surface area contributed by atoms with Gasteiger partial charge in [0.1, 0.15) is 11.7 Å². The number of nitrogens with one attached hydrogen (secondary N) is 1. The Morgan fingerprint density at radius 2 is 2.33 bits per heavy atom. The molecule has 1 saturated heterocycles. The van der Waals surface area contributed by atoms with Crippen molar-refractivity contribution in [1.82, 2.24) is 14.9 Å². The number of hydrogen-bond acceptors (Lipinski definition) is 4. The maximum atomic E-state index is 12.4. The molecule has 2 aromatic heterocycles. The van der Waals surface area contributed by atoms with Gasteiger partial charge in [0.2, 0.25) is 0 Å². The summed E-state index contributed by atoms with van der Waals surface area (Å²) in [6, 6.07) is 1.01. The van der Waals surface area contributed by atoms with Crippen molar-refractivity contribution < 1.29 is 14.7 Å². The monoisotopic (exact) mass is 305 g/mol. The van der Waals surface area contributed by atoms with Crippen molar-refractivity contribution in [2.75, 3.05) is 6.54 Å². The van der Waals surface area contributed by atoms with Crippen LogP contribution < -0.4 is 0 Å². The topological polar surface area (TPSA) is 86.3 Å². The van der Waals surface area contributed by atoms with Gasteiger partial charge in [-0.15, -0.1) is 11.3 Å². The van der Waals surface area contributed by atoms with Crippen LogP contribution in [0.3, 0.4) is 0 Å². The van der Waals surface area contributed by atoms with Crippen LogP contribution in [0.4, 0.5) is 0 Å². The molecule has 0 bridgehead atoms. The summed E-state index contributed by atoms with van der Waals surface area (Å²) in [5, 5.41) is 12.0. The fourth-order valence-electron chi connectivity index (χ4n) is 2.58. The van der Waals surface area contributed by atoms with Crippen molar-refractivity contribution in [2.24, 2.45) is 0 Å². The van der Waals surface area contributed by atoms with Crippen LogP contribution in [0.15, 0.2) is 17.6 Å². The van der Waals surface area contributed by atoms with Gasteiger partial charge in [-0.2, -0.15) is 0 Å². The third kappa shape index (κ3) is 2.56. The second kappa shape index (κ2) is 5.33. The highest BCUT2D eigenvalue weighted by atomic mass is 32.1. The highest BCUT2D eigenvalue weighted by Gasteiger charge is 2.34. The van der Waals surface area contributed by atoms with Crippen molar-refractivity contribution in [3.8, 4) is 11.3 Å². The standard InChI is InChI=1S/C14H15N3O3S/c1-8-16-11(7-21-8)9-5-10(15-6-9)13(18)17-4-2-3-12(17)14(19)20/h5-7,12,15H,2-4H2,1H3,(H,19,20)/t12-/m0/s1. The number of hydrogen-bond donors (Lipinski definition) is 2. The van der Waals surface area contributed by atoms with Gasteiger partial charge in [0.15, 0.2) is 0 Å². The van der Waals surface area contributed by atoms with Crippen LogP contribution in [0.5, 0.6) is 0 Å². The molecule has 1 aliphatic rings. The number of thiazole rings is 1. The lowest BCUT2D eigenvalue weighted by atomic mass is 10.2. The molecule has 2 aromatic rings. The zero-order valence-corrected chi connectivity index (χ0v) is 12.3. The minimum atomic E-state index is -0.942. The van der Waals surface area contributed by atoms with Crippen LogP contribution in [0, 0.1) is 6.92 Å². The number of carbonyl (C=O) groups excluding carboxylic acids is 1. The Kier molecular flexibility index (Phi) is 3.50. The Balaban J connectivity index is 1.83. The largest absolute Gasteiger partial charge is 0.480 e. The first-order valence-electron chi connectivity index (χ1n) is 6.71. The van der Waals surface area contributed by atoms with Crippen molar-refractivity contribution in [3.05, 3.63) is 28.3 Å². The lowest BCUT2D eigenvalue weighted by Crippen LogP contribution is -2.40. The zero-order valence-electron chi connectivity index (χ0n) is 11.5. The summed E-state index contributed by atoms with van der Waals surface area (Å²) in [5.74, 6) is -1.21. The van der Waals surface area contributed by atoms with E-state index in [9.17, 15) is 9.59 Å². The molecule has 0 radical (unpaired) electrons. The summed E-state index contributed by atoms with van der Waals surface area (Å²) in [6.07, 6.45) is 2.97. The average molecular weight is 305 g/mol. The number of carboxylic acid groups (broad SMARTS) is 1. The van der Waals surface area contributed by atoms with Gasteiger partial charge >= 0.3 is 5.97 Å². The Bertz CT molecular complexity index is 691. The number of rotatable bonds is 3. The zero-order chi connectivity index (χ0) is 15.0. The lowest BCUT2D eigenvalue weighted by molar-refractivity contribution is -0.141. The van der Waals surface area contributed by atoms with Gasteiger partial charge in [0.05, 0.1) is 10.7 Å². The number of aromatic amines is 1. The molecule has 6 nitrogen and oxygen atoms in total. The third-order valence-corrected chi connectivity index (χ3v) is 4.40. The molecule has 110 valence electrons. The van der Waals surface area contributed by atoms with Crippen LogP contribution in [-0.2, 0) is 4.79 Å². The van der Waals surface area contributed by atoms with Crippen LogP contribution in [0.25, 0.3) is 11.3 Å². The number of H-pyrrole nitrogens is 1. The average Bonchev–Trinajstić information content (AvgIpc) is 3.17. The Morgan fingerprint density at radius 1 is 1.52 bits per heavy atom. The van der Waals surface area contributed by atoms with Crippen molar-refractivity contribution in [1.29, 1.82) is 0 Å². The predicted molar refractivity (Wildman–Crippen MR) is 78.3 cm³/mol. The lowest BCUT2D eigenvalue weighted by Gasteiger charge is -2.20. The maximum absolute atomic E-state index is 12.4. The summed E-state index contributed by atoms with van der Waals surface area (Å²) in [6.45, 7) is 2.41. The number of carbonyl (C=O) groups is 2. The molecule has 0 aliphatic carbocycles. The number of aryl methyl sites for hydroxylation is 1. The molecule has 0 unspecified atom stereocenters. The molecule has 0 saturated carbocycles. The molecule has 3 heterocycles. The van der Waals surface area contributed by atoms with Crippen molar-refractivity contribution in [3.63, 3.8) is 0 Å². The first-order valence-corrected chi connectivity index (χ1v) is 7.59. The maximum Gasteiger partial charge on any atom is 0.326 e. The third-order valence-electron chi connectivity index (χ3n) is 3.63. The number of nitrogens with zero attached hydrogens (tertiary/aromatic N) is 2. The number of aliphatic carboxylic acids is 1. The van der Waals surface area contributed by atoms with Crippen LogP contribution in [0.1, 0.15) is 28.3 Å². The number of likely N-dealkylation sites (tertiary alicyclic amines) is 1. The molecular weight excluding hydrogens is 290 g/mol. The van der Waals surface area contributed by atoms with Gasteiger partial charge in [-0.3, -0.25) is 4.79 Å². The Morgan fingerprint density at radius 3 is 3.00 bits per heavy atom. The molecule has 3 rings (SSSR count). The first kappa shape index (κ1) is 13.8. The summed E-state index contributed by atoms with van der Waals surface area (Å²) in [7, 11) is 0. The van der Waals surface area contributed by atoms with E-state index in [0.717, 1.165) is 22.7 Å². The summed E-state index contributed by atoms with van der Waals surface area (Å²) in [4.78, 5) is 32.3.